The van der Waals surface area contributed by atoms with Crippen molar-refractivity contribution in [2.75, 3.05) is 6.54 Å². The number of amides is 1. The van der Waals surface area contributed by atoms with E-state index in [9.17, 15) is 4.79 Å². The number of carbonyl (C=O) groups is 1. The van der Waals surface area contributed by atoms with Crippen LogP contribution in [-0.4, -0.2) is 24.3 Å². The predicted octanol–water partition coefficient (Wildman–Crippen LogP) is 1.88. The van der Waals surface area contributed by atoms with Gasteiger partial charge in [-0.15, -0.1) is 0 Å². The summed E-state index contributed by atoms with van der Waals surface area (Å²) in [6.45, 7) is 6.32. The lowest BCUT2D eigenvalue weighted by Crippen LogP contribution is -2.47. The second-order valence-electron chi connectivity index (χ2n) is 6.40. The number of fused-ring (bicyclic) bond motifs is 2. The second-order valence-corrected chi connectivity index (χ2v) is 6.40. The number of rotatable bonds is 2. The lowest BCUT2D eigenvalue weighted by molar-refractivity contribution is 0.0465. The van der Waals surface area contributed by atoms with E-state index in [1.807, 2.05) is 20.8 Å². The third-order valence-electron chi connectivity index (χ3n) is 4.04. The molecule has 2 aliphatic carbocycles. The molecule has 2 unspecified atom stereocenters. The Bertz CT molecular complexity index is 298. The number of hydrogen-bond donors (Lipinski definition) is 2. The second kappa shape index (κ2) is 4.48. The molecule has 0 spiro atoms. The average Bonchev–Trinajstić information content (AvgIpc) is 2.74. The quantitative estimate of drug-likeness (QED) is 0.774. The smallest absolute Gasteiger partial charge is 0.407 e. The molecule has 0 aliphatic heterocycles. The summed E-state index contributed by atoms with van der Waals surface area (Å²) in [7, 11) is 0. The molecule has 2 rings (SSSR count). The molecule has 98 valence electrons. The third kappa shape index (κ3) is 2.73. The number of alkyl carbamates (subject to hydrolysis) is 1. The summed E-state index contributed by atoms with van der Waals surface area (Å²) in [4.78, 5) is 11.8. The summed E-state index contributed by atoms with van der Waals surface area (Å²) < 4.78 is 5.31. The Hall–Kier alpha value is -0.770. The third-order valence-corrected chi connectivity index (χ3v) is 4.04. The van der Waals surface area contributed by atoms with Gasteiger partial charge in [-0.1, -0.05) is 0 Å². The highest BCUT2D eigenvalue weighted by Crippen LogP contribution is 2.48. The fourth-order valence-corrected chi connectivity index (χ4v) is 3.42. The fourth-order valence-electron chi connectivity index (χ4n) is 3.42. The van der Waals surface area contributed by atoms with Crippen molar-refractivity contribution in [3.05, 3.63) is 0 Å². The molecule has 17 heavy (non-hydrogen) atoms. The van der Waals surface area contributed by atoms with E-state index in [-0.39, 0.29) is 12.1 Å². The molecule has 4 nitrogen and oxygen atoms in total. The molecule has 0 aromatic heterocycles. The van der Waals surface area contributed by atoms with Gasteiger partial charge in [0.05, 0.1) is 0 Å². The zero-order valence-electron chi connectivity index (χ0n) is 11.0. The highest BCUT2D eigenvalue weighted by molar-refractivity contribution is 5.68. The van der Waals surface area contributed by atoms with Crippen molar-refractivity contribution < 1.29 is 9.53 Å². The minimum atomic E-state index is -0.431. The molecule has 1 amide bonds. The first-order chi connectivity index (χ1) is 7.90. The topological polar surface area (TPSA) is 64.3 Å². The van der Waals surface area contributed by atoms with Gasteiger partial charge in [0.1, 0.15) is 5.60 Å². The predicted molar refractivity (Wildman–Crippen MR) is 66.5 cm³/mol. The van der Waals surface area contributed by atoms with Crippen LogP contribution in [0, 0.1) is 17.8 Å². The highest BCUT2D eigenvalue weighted by atomic mass is 16.6. The van der Waals surface area contributed by atoms with E-state index in [4.69, 9.17) is 10.5 Å². The van der Waals surface area contributed by atoms with Crippen LogP contribution in [0.5, 0.6) is 0 Å². The lowest BCUT2D eigenvalue weighted by atomic mass is 9.84. The van der Waals surface area contributed by atoms with E-state index in [0.717, 1.165) is 0 Å². The van der Waals surface area contributed by atoms with Crippen molar-refractivity contribution in [3.63, 3.8) is 0 Å². The van der Waals surface area contributed by atoms with Gasteiger partial charge in [-0.3, -0.25) is 0 Å². The molecule has 2 saturated carbocycles. The molecule has 2 bridgehead atoms. The number of carbonyl (C=O) groups excluding carboxylic acids is 1. The van der Waals surface area contributed by atoms with E-state index in [1.165, 1.54) is 19.3 Å². The first kappa shape index (κ1) is 12.7. The van der Waals surface area contributed by atoms with Crippen molar-refractivity contribution >= 4 is 6.09 Å². The monoisotopic (exact) mass is 240 g/mol. The molecule has 3 N–H and O–H groups in total. The summed E-state index contributed by atoms with van der Waals surface area (Å²) >= 11 is 0. The summed E-state index contributed by atoms with van der Waals surface area (Å²) in [6.07, 6.45) is 3.43. The summed E-state index contributed by atoms with van der Waals surface area (Å²) in [5.41, 5.74) is 5.39. The number of nitrogens with two attached hydrogens (primary N) is 1. The molecule has 0 aromatic rings. The molecule has 4 heteroatoms. The Morgan fingerprint density at radius 3 is 2.59 bits per heavy atom. The zero-order valence-corrected chi connectivity index (χ0v) is 11.0. The standard InChI is InChI=1S/C13H24N2O2/c1-13(2,3)17-12(16)15-11-9-5-4-8(6-9)10(11)7-14/h8-11H,4-7,14H2,1-3H3,(H,15,16)/t8?,9?,10-,11+/m0/s1. The maximum Gasteiger partial charge on any atom is 0.407 e. The van der Waals surface area contributed by atoms with Crippen molar-refractivity contribution in [2.24, 2.45) is 23.5 Å². The minimum absolute atomic E-state index is 0.230. The van der Waals surface area contributed by atoms with Crippen LogP contribution in [0.3, 0.4) is 0 Å². The van der Waals surface area contributed by atoms with Crippen LogP contribution in [0.15, 0.2) is 0 Å². The van der Waals surface area contributed by atoms with Crippen molar-refractivity contribution in [1.29, 1.82) is 0 Å². The Kier molecular flexibility index (Phi) is 3.34. The van der Waals surface area contributed by atoms with Gasteiger partial charge in [0.25, 0.3) is 0 Å². The fraction of sp³-hybridized carbons (Fsp3) is 0.923. The Labute approximate surface area is 103 Å². The lowest BCUT2D eigenvalue weighted by Gasteiger charge is -2.31. The van der Waals surface area contributed by atoms with Crippen LogP contribution >= 0.6 is 0 Å². The minimum Gasteiger partial charge on any atom is -0.444 e. The Balaban J connectivity index is 1.92. The van der Waals surface area contributed by atoms with Crippen LogP contribution in [0.25, 0.3) is 0 Å². The van der Waals surface area contributed by atoms with Crippen LogP contribution in [0.2, 0.25) is 0 Å². The van der Waals surface area contributed by atoms with Gasteiger partial charge in [0, 0.05) is 6.04 Å². The first-order valence-corrected chi connectivity index (χ1v) is 6.60. The SMILES string of the molecule is CC(C)(C)OC(=O)N[C@@H]1C2CCC(C2)[C@@H]1CN. The van der Waals surface area contributed by atoms with E-state index in [0.29, 0.717) is 24.3 Å². The Morgan fingerprint density at radius 2 is 2.00 bits per heavy atom. The van der Waals surface area contributed by atoms with Crippen LogP contribution in [0.4, 0.5) is 4.79 Å². The highest BCUT2D eigenvalue weighted by Gasteiger charge is 2.47. The normalized spacial score (nSPS) is 36.0. The largest absolute Gasteiger partial charge is 0.444 e. The van der Waals surface area contributed by atoms with Crippen molar-refractivity contribution in [2.45, 2.75) is 51.7 Å². The summed E-state index contributed by atoms with van der Waals surface area (Å²) in [6, 6.07) is 0.230. The van der Waals surface area contributed by atoms with Crippen LogP contribution < -0.4 is 11.1 Å². The molecule has 0 saturated heterocycles. The van der Waals surface area contributed by atoms with Gasteiger partial charge in [0.2, 0.25) is 0 Å². The van der Waals surface area contributed by atoms with E-state index in [2.05, 4.69) is 5.32 Å². The van der Waals surface area contributed by atoms with Crippen molar-refractivity contribution in [3.8, 4) is 0 Å². The molecular formula is C13H24N2O2. The summed E-state index contributed by atoms with van der Waals surface area (Å²) in [5.74, 6) is 1.77. The molecule has 2 aliphatic rings. The van der Waals surface area contributed by atoms with E-state index < -0.39 is 5.60 Å². The van der Waals surface area contributed by atoms with Crippen molar-refractivity contribution in [1.82, 2.24) is 5.32 Å². The molecule has 4 atom stereocenters. The van der Waals surface area contributed by atoms with Gasteiger partial charge in [-0.2, -0.15) is 0 Å². The van der Waals surface area contributed by atoms with Crippen LogP contribution in [-0.2, 0) is 4.74 Å². The first-order valence-electron chi connectivity index (χ1n) is 6.60. The number of nitrogens with one attached hydrogen (secondary N) is 1. The van der Waals surface area contributed by atoms with E-state index >= 15 is 0 Å². The molecular weight excluding hydrogens is 216 g/mol. The van der Waals surface area contributed by atoms with Gasteiger partial charge in [-0.05, 0) is 64.3 Å². The average molecular weight is 240 g/mol. The van der Waals surface area contributed by atoms with Crippen LogP contribution in [0.1, 0.15) is 40.0 Å². The molecule has 0 heterocycles. The van der Waals surface area contributed by atoms with E-state index in [1.54, 1.807) is 0 Å². The maximum absolute atomic E-state index is 11.8. The zero-order chi connectivity index (χ0) is 12.6. The van der Waals surface area contributed by atoms with Gasteiger partial charge in [-0.25, -0.2) is 4.79 Å². The molecule has 2 fully saturated rings. The number of hydrogen-bond acceptors (Lipinski definition) is 3. The molecule has 0 aromatic carbocycles. The summed E-state index contributed by atoms with van der Waals surface area (Å²) in [5, 5.41) is 3.03. The maximum atomic E-state index is 11.8. The van der Waals surface area contributed by atoms with Gasteiger partial charge in [0.15, 0.2) is 0 Å². The Morgan fingerprint density at radius 1 is 1.35 bits per heavy atom. The molecule has 0 radical (unpaired) electrons. The van der Waals surface area contributed by atoms with Gasteiger partial charge >= 0.3 is 6.09 Å². The van der Waals surface area contributed by atoms with Gasteiger partial charge < -0.3 is 15.8 Å². The number of ether oxygens (including phenoxy) is 1.